The summed E-state index contributed by atoms with van der Waals surface area (Å²) in [6.45, 7) is 0. The Bertz CT molecular complexity index is 763. The minimum Gasteiger partial charge on any atom is -0.494 e. The van der Waals surface area contributed by atoms with Crippen molar-refractivity contribution >= 4 is 11.4 Å². The van der Waals surface area contributed by atoms with Gasteiger partial charge in [0, 0.05) is 6.42 Å². The van der Waals surface area contributed by atoms with E-state index in [9.17, 15) is 13.6 Å². The van der Waals surface area contributed by atoms with Gasteiger partial charge in [-0.15, -0.1) is 0 Å². The standard InChI is InChI=1S/C19H16F2O2/c1-23-19-7-4-13(11-18(19)21)15-8-14(9-17(22)10-15)12-2-5-16(20)6-3-12/h2-7,10-11,14H,8-9H2,1H3. The molecule has 0 bridgehead atoms. The van der Waals surface area contributed by atoms with Crippen molar-refractivity contribution in [3.05, 3.63) is 71.3 Å². The molecule has 0 spiro atoms. The van der Waals surface area contributed by atoms with E-state index in [0.29, 0.717) is 18.4 Å². The number of benzene rings is 2. The van der Waals surface area contributed by atoms with Gasteiger partial charge in [0.15, 0.2) is 17.3 Å². The van der Waals surface area contributed by atoms with Crippen LogP contribution < -0.4 is 4.74 Å². The first kappa shape index (κ1) is 15.4. The zero-order valence-electron chi connectivity index (χ0n) is 12.7. The second-order valence-electron chi connectivity index (χ2n) is 5.64. The number of ketones is 1. The third-order valence-electron chi connectivity index (χ3n) is 4.11. The molecular formula is C19H16F2O2. The zero-order chi connectivity index (χ0) is 16.4. The molecule has 0 radical (unpaired) electrons. The number of carbonyl (C=O) groups is 1. The van der Waals surface area contributed by atoms with Crippen LogP contribution in [0.4, 0.5) is 8.78 Å². The van der Waals surface area contributed by atoms with Gasteiger partial charge in [-0.1, -0.05) is 18.2 Å². The average Bonchev–Trinajstić information content (AvgIpc) is 2.55. The Balaban J connectivity index is 1.89. The van der Waals surface area contributed by atoms with E-state index in [0.717, 1.165) is 11.1 Å². The van der Waals surface area contributed by atoms with E-state index in [1.54, 1.807) is 30.3 Å². The Labute approximate surface area is 133 Å². The van der Waals surface area contributed by atoms with Gasteiger partial charge in [0.25, 0.3) is 0 Å². The summed E-state index contributed by atoms with van der Waals surface area (Å²) in [5.41, 5.74) is 2.37. The van der Waals surface area contributed by atoms with Gasteiger partial charge in [0.1, 0.15) is 5.82 Å². The van der Waals surface area contributed by atoms with Crippen molar-refractivity contribution in [1.82, 2.24) is 0 Å². The van der Waals surface area contributed by atoms with Gasteiger partial charge in [0.2, 0.25) is 0 Å². The first-order chi connectivity index (χ1) is 11.1. The van der Waals surface area contributed by atoms with Gasteiger partial charge < -0.3 is 4.74 Å². The highest BCUT2D eigenvalue weighted by molar-refractivity contribution is 5.99. The van der Waals surface area contributed by atoms with Crippen molar-refractivity contribution in [3.8, 4) is 5.75 Å². The molecule has 3 rings (SSSR count). The summed E-state index contributed by atoms with van der Waals surface area (Å²) in [5.74, 6) is -0.609. The molecule has 4 heteroatoms. The Morgan fingerprint density at radius 3 is 2.43 bits per heavy atom. The van der Waals surface area contributed by atoms with E-state index in [-0.39, 0.29) is 23.3 Å². The molecular weight excluding hydrogens is 298 g/mol. The van der Waals surface area contributed by atoms with Crippen molar-refractivity contribution in [3.63, 3.8) is 0 Å². The van der Waals surface area contributed by atoms with Gasteiger partial charge in [0.05, 0.1) is 7.11 Å². The SMILES string of the molecule is COc1ccc(C2=CC(=O)CC(c3ccc(F)cc3)C2)cc1F. The van der Waals surface area contributed by atoms with Crippen LogP contribution in [-0.2, 0) is 4.79 Å². The van der Waals surface area contributed by atoms with E-state index < -0.39 is 5.82 Å². The van der Waals surface area contributed by atoms with E-state index in [4.69, 9.17) is 4.74 Å². The maximum atomic E-state index is 13.9. The van der Waals surface area contributed by atoms with Gasteiger partial charge in [-0.05, 0) is 59.4 Å². The van der Waals surface area contributed by atoms with Crippen LogP contribution in [0.25, 0.3) is 5.57 Å². The van der Waals surface area contributed by atoms with Crippen molar-refractivity contribution in [2.45, 2.75) is 18.8 Å². The summed E-state index contributed by atoms with van der Waals surface area (Å²) in [4.78, 5) is 12.0. The predicted molar refractivity (Wildman–Crippen MR) is 84.3 cm³/mol. The Kier molecular flexibility index (Phi) is 4.24. The van der Waals surface area contributed by atoms with E-state index in [2.05, 4.69) is 0 Å². The summed E-state index contributed by atoms with van der Waals surface area (Å²) in [6.07, 6.45) is 2.57. The highest BCUT2D eigenvalue weighted by Crippen LogP contribution is 2.36. The Hall–Kier alpha value is -2.49. The molecule has 0 heterocycles. The predicted octanol–water partition coefficient (Wildman–Crippen LogP) is 4.50. The van der Waals surface area contributed by atoms with E-state index in [1.807, 2.05) is 0 Å². The van der Waals surface area contributed by atoms with Crippen molar-refractivity contribution in [1.29, 1.82) is 0 Å². The summed E-state index contributed by atoms with van der Waals surface area (Å²) in [7, 11) is 1.41. The molecule has 0 N–H and O–H groups in total. The monoisotopic (exact) mass is 314 g/mol. The molecule has 1 unspecified atom stereocenters. The van der Waals surface area contributed by atoms with Crippen molar-refractivity contribution < 1.29 is 18.3 Å². The minimum absolute atomic E-state index is 0.00296. The van der Waals surface area contributed by atoms with E-state index in [1.165, 1.54) is 25.3 Å². The van der Waals surface area contributed by atoms with Gasteiger partial charge in [-0.25, -0.2) is 8.78 Å². The third-order valence-corrected chi connectivity index (χ3v) is 4.11. The lowest BCUT2D eigenvalue weighted by molar-refractivity contribution is -0.115. The first-order valence-electron chi connectivity index (χ1n) is 7.39. The van der Waals surface area contributed by atoms with E-state index >= 15 is 0 Å². The molecule has 2 aromatic carbocycles. The number of halogens is 2. The van der Waals surface area contributed by atoms with Crippen LogP contribution in [0.2, 0.25) is 0 Å². The number of hydrogen-bond acceptors (Lipinski definition) is 2. The number of carbonyl (C=O) groups excluding carboxylic acids is 1. The number of allylic oxidation sites excluding steroid dienone is 2. The summed E-state index contributed by atoms with van der Waals surface area (Å²) < 4.78 is 31.9. The number of rotatable bonds is 3. The van der Waals surface area contributed by atoms with Crippen LogP contribution in [0.5, 0.6) is 5.75 Å². The quantitative estimate of drug-likeness (QED) is 0.833. The van der Waals surface area contributed by atoms with Crippen molar-refractivity contribution in [2.75, 3.05) is 7.11 Å². The molecule has 1 atom stereocenters. The van der Waals surface area contributed by atoms with Crippen LogP contribution in [0.15, 0.2) is 48.5 Å². The van der Waals surface area contributed by atoms with Crippen LogP contribution in [0.1, 0.15) is 29.9 Å². The van der Waals surface area contributed by atoms with Gasteiger partial charge in [-0.3, -0.25) is 4.79 Å². The van der Waals surface area contributed by atoms with Gasteiger partial charge >= 0.3 is 0 Å². The average molecular weight is 314 g/mol. The lowest BCUT2D eigenvalue weighted by Crippen LogP contribution is -2.12. The Morgan fingerprint density at radius 2 is 1.78 bits per heavy atom. The smallest absolute Gasteiger partial charge is 0.165 e. The largest absolute Gasteiger partial charge is 0.494 e. The maximum absolute atomic E-state index is 13.9. The Morgan fingerprint density at radius 1 is 1.04 bits per heavy atom. The minimum atomic E-state index is -0.456. The molecule has 0 amide bonds. The molecule has 0 aromatic heterocycles. The first-order valence-corrected chi connectivity index (χ1v) is 7.39. The van der Waals surface area contributed by atoms with Crippen LogP contribution in [0, 0.1) is 11.6 Å². The number of ether oxygens (including phenoxy) is 1. The molecule has 1 aliphatic carbocycles. The molecule has 0 fully saturated rings. The molecule has 23 heavy (non-hydrogen) atoms. The summed E-state index contributed by atoms with van der Waals surface area (Å²) in [5, 5.41) is 0. The van der Waals surface area contributed by atoms with Crippen LogP contribution in [0.3, 0.4) is 0 Å². The number of methoxy groups -OCH3 is 1. The lowest BCUT2D eigenvalue weighted by Gasteiger charge is -2.23. The fraction of sp³-hybridized carbons (Fsp3) is 0.211. The molecule has 0 saturated heterocycles. The topological polar surface area (TPSA) is 26.3 Å². The highest BCUT2D eigenvalue weighted by atomic mass is 19.1. The summed E-state index contributed by atoms with van der Waals surface area (Å²) in [6, 6.07) is 10.9. The van der Waals surface area contributed by atoms with Crippen LogP contribution in [-0.4, -0.2) is 12.9 Å². The maximum Gasteiger partial charge on any atom is 0.165 e. The zero-order valence-corrected chi connectivity index (χ0v) is 12.7. The second kappa shape index (κ2) is 6.32. The summed E-state index contributed by atoms with van der Waals surface area (Å²) >= 11 is 0. The fourth-order valence-electron chi connectivity index (χ4n) is 2.93. The molecule has 2 aromatic rings. The third kappa shape index (κ3) is 3.31. The number of hydrogen-bond donors (Lipinski definition) is 0. The molecule has 0 saturated carbocycles. The molecule has 118 valence electrons. The molecule has 0 aliphatic heterocycles. The lowest BCUT2D eigenvalue weighted by atomic mass is 9.81. The molecule has 1 aliphatic rings. The normalized spacial score (nSPS) is 17.8. The van der Waals surface area contributed by atoms with Crippen LogP contribution >= 0.6 is 0 Å². The second-order valence-corrected chi connectivity index (χ2v) is 5.64. The fourth-order valence-corrected chi connectivity index (χ4v) is 2.93. The highest BCUT2D eigenvalue weighted by Gasteiger charge is 2.23. The van der Waals surface area contributed by atoms with Gasteiger partial charge in [-0.2, -0.15) is 0 Å². The van der Waals surface area contributed by atoms with Crippen molar-refractivity contribution in [2.24, 2.45) is 0 Å². The molecule has 2 nitrogen and oxygen atoms in total.